The number of fused-ring (bicyclic) bond motifs is 1. The summed E-state index contributed by atoms with van der Waals surface area (Å²) in [5.74, 6) is 0.793. The third kappa shape index (κ3) is 5.97. The number of benzene rings is 1. The van der Waals surface area contributed by atoms with E-state index in [2.05, 4.69) is 23.0 Å². The van der Waals surface area contributed by atoms with Gasteiger partial charge in [-0.3, -0.25) is 4.79 Å². The number of pyridine rings is 1. The molecule has 0 spiro atoms. The van der Waals surface area contributed by atoms with E-state index in [0.717, 1.165) is 34.9 Å². The van der Waals surface area contributed by atoms with E-state index >= 15 is 0 Å². The van der Waals surface area contributed by atoms with Crippen LogP contribution in [0.25, 0.3) is 5.65 Å². The van der Waals surface area contributed by atoms with E-state index in [0.29, 0.717) is 46.0 Å². The van der Waals surface area contributed by atoms with Gasteiger partial charge in [-0.15, -0.1) is 0 Å². The Morgan fingerprint density at radius 2 is 1.97 bits per heavy atom. The first-order valence-corrected chi connectivity index (χ1v) is 12.1. The second-order valence-electron chi connectivity index (χ2n) is 8.84. The lowest BCUT2D eigenvalue weighted by molar-refractivity contribution is 0.112. The fourth-order valence-electron chi connectivity index (χ4n) is 4.27. The van der Waals surface area contributed by atoms with Crippen LogP contribution in [0.4, 0.5) is 0 Å². The largest absolute Gasteiger partial charge is 0.396 e. The van der Waals surface area contributed by atoms with Gasteiger partial charge in [0.2, 0.25) is 0 Å². The summed E-state index contributed by atoms with van der Waals surface area (Å²) in [6, 6.07) is 7.22. The van der Waals surface area contributed by atoms with E-state index < -0.39 is 0 Å². The average molecular weight is 501 g/mol. The molecule has 1 aliphatic rings. The van der Waals surface area contributed by atoms with Crippen LogP contribution >= 0.6 is 23.2 Å². The second-order valence-corrected chi connectivity index (χ2v) is 9.63. The fourth-order valence-corrected chi connectivity index (χ4v) is 4.82. The Kier molecular flexibility index (Phi) is 9.10. The van der Waals surface area contributed by atoms with Crippen LogP contribution in [0.5, 0.6) is 0 Å². The predicted octanol–water partition coefficient (Wildman–Crippen LogP) is 5.24. The number of carbonyl (C=O) groups is 1. The van der Waals surface area contributed by atoms with Crippen molar-refractivity contribution in [2.45, 2.75) is 39.5 Å². The minimum absolute atomic E-state index is 0.350. The number of aliphatic hydroxyl groups excluding tert-OH is 1. The molecule has 0 aliphatic carbocycles. The van der Waals surface area contributed by atoms with Crippen molar-refractivity contribution in [1.82, 2.24) is 14.3 Å². The monoisotopic (exact) mass is 500 g/mol. The predicted molar refractivity (Wildman–Crippen MR) is 136 cm³/mol. The Hall–Kier alpha value is -2.43. The van der Waals surface area contributed by atoms with Crippen molar-refractivity contribution in [3.8, 4) is 6.07 Å². The number of hydrogen-bond donors (Lipinski definition) is 1. The van der Waals surface area contributed by atoms with E-state index in [9.17, 15) is 4.79 Å². The van der Waals surface area contributed by atoms with Crippen LogP contribution in [0.2, 0.25) is 10.0 Å². The quantitative estimate of drug-likeness (QED) is 0.484. The zero-order valence-corrected chi connectivity index (χ0v) is 21.3. The van der Waals surface area contributed by atoms with Gasteiger partial charge in [-0.1, -0.05) is 23.2 Å². The smallest absolute Gasteiger partial charge is 0.151 e. The summed E-state index contributed by atoms with van der Waals surface area (Å²) in [6.45, 7) is 6.64. The van der Waals surface area contributed by atoms with E-state index in [1.54, 1.807) is 24.4 Å². The number of nitrogens with zero attached hydrogens (tertiary/aromatic N) is 4. The maximum Gasteiger partial charge on any atom is 0.151 e. The standard InChI is InChI=1S/C18H13Cl2N3O.C8H17NO/c1-10-5-12(7-21)8-23-11(2)16(22-18(10)23)6-14-15(19)4-3-13(9-24)17(14)20;1-9-5-2-8(3-6-9)4-7-10/h3-5,8-9H,6H2,1-2H3;8,10H,2-7H2,1H3. The first-order chi connectivity index (χ1) is 16.3. The minimum Gasteiger partial charge on any atom is -0.396 e. The summed E-state index contributed by atoms with van der Waals surface area (Å²) in [6.07, 6.45) is 6.44. The number of aryl methyl sites for hydroxylation is 2. The molecule has 180 valence electrons. The number of aliphatic hydroxyl groups is 1. The molecule has 0 unspecified atom stereocenters. The van der Waals surface area contributed by atoms with Crippen molar-refractivity contribution in [3.63, 3.8) is 0 Å². The van der Waals surface area contributed by atoms with Gasteiger partial charge in [-0.05, 0) is 88.5 Å². The number of aromatic nitrogens is 2. The van der Waals surface area contributed by atoms with E-state index in [4.69, 9.17) is 33.6 Å². The Labute approximate surface area is 210 Å². The van der Waals surface area contributed by atoms with Crippen molar-refractivity contribution in [2.75, 3.05) is 26.7 Å². The Morgan fingerprint density at radius 3 is 2.59 bits per heavy atom. The van der Waals surface area contributed by atoms with Crippen LogP contribution in [0.3, 0.4) is 0 Å². The highest BCUT2D eigenvalue weighted by Gasteiger charge is 2.17. The molecule has 8 heteroatoms. The molecule has 1 N–H and O–H groups in total. The van der Waals surface area contributed by atoms with Crippen LogP contribution < -0.4 is 0 Å². The average Bonchev–Trinajstić information content (AvgIpc) is 3.14. The molecule has 4 rings (SSSR count). The molecule has 34 heavy (non-hydrogen) atoms. The first kappa shape index (κ1) is 26.2. The molecule has 1 fully saturated rings. The van der Waals surface area contributed by atoms with Crippen molar-refractivity contribution in [3.05, 3.63) is 68.1 Å². The molecule has 0 bridgehead atoms. The second kappa shape index (κ2) is 11.8. The molecule has 1 aromatic carbocycles. The lowest BCUT2D eigenvalue weighted by atomic mass is 9.94. The number of nitriles is 1. The maximum absolute atomic E-state index is 11.1. The summed E-state index contributed by atoms with van der Waals surface area (Å²) in [7, 11) is 2.16. The van der Waals surface area contributed by atoms with Crippen LogP contribution in [0.15, 0.2) is 24.4 Å². The molecule has 0 amide bonds. The Bertz CT molecular complexity index is 1210. The molecule has 6 nitrogen and oxygen atoms in total. The lowest BCUT2D eigenvalue weighted by Gasteiger charge is -2.28. The number of rotatable bonds is 5. The normalized spacial score (nSPS) is 14.5. The highest BCUT2D eigenvalue weighted by atomic mass is 35.5. The van der Waals surface area contributed by atoms with E-state index in [1.807, 2.05) is 18.2 Å². The number of halogens is 2. The summed E-state index contributed by atoms with van der Waals surface area (Å²) >= 11 is 12.6. The van der Waals surface area contributed by atoms with Gasteiger partial charge in [-0.2, -0.15) is 5.26 Å². The molecule has 0 saturated carbocycles. The number of hydrogen-bond acceptors (Lipinski definition) is 5. The topological polar surface area (TPSA) is 81.6 Å². The van der Waals surface area contributed by atoms with Gasteiger partial charge in [0.05, 0.1) is 16.3 Å². The zero-order chi connectivity index (χ0) is 24.8. The SMILES string of the molecule is CN1CCC(CCO)CC1.Cc1cc(C#N)cn2c(C)c(Cc3c(Cl)ccc(C=O)c3Cl)nc12. The number of likely N-dealkylation sites (tertiary alicyclic amines) is 1. The maximum atomic E-state index is 11.1. The van der Waals surface area contributed by atoms with Gasteiger partial charge >= 0.3 is 0 Å². The molecular weight excluding hydrogens is 471 g/mol. The molecule has 0 radical (unpaired) electrons. The number of carbonyl (C=O) groups excluding carboxylic acids is 1. The van der Waals surface area contributed by atoms with E-state index in [1.165, 1.54) is 25.9 Å². The minimum atomic E-state index is 0.350. The van der Waals surface area contributed by atoms with Gasteiger partial charge in [-0.25, -0.2) is 4.98 Å². The third-order valence-electron chi connectivity index (χ3n) is 6.43. The van der Waals surface area contributed by atoms with Crippen molar-refractivity contribution in [2.24, 2.45) is 5.92 Å². The third-order valence-corrected chi connectivity index (χ3v) is 7.23. The molecular formula is C26H30Cl2N4O2. The first-order valence-electron chi connectivity index (χ1n) is 11.4. The van der Waals surface area contributed by atoms with Gasteiger partial charge in [0, 0.05) is 35.5 Å². The molecule has 0 atom stereocenters. The van der Waals surface area contributed by atoms with Gasteiger partial charge in [0.15, 0.2) is 6.29 Å². The number of aldehydes is 1. The fraction of sp³-hybridized carbons (Fsp3) is 0.423. The van der Waals surface area contributed by atoms with Crippen LogP contribution in [0.1, 0.15) is 57.7 Å². The molecule has 1 saturated heterocycles. The highest BCUT2D eigenvalue weighted by Crippen LogP contribution is 2.30. The summed E-state index contributed by atoms with van der Waals surface area (Å²) < 4.78 is 1.90. The highest BCUT2D eigenvalue weighted by molar-refractivity contribution is 6.37. The Balaban J connectivity index is 0.000000271. The van der Waals surface area contributed by atoms with Crippen molar-refractivity contribution >= 4 is 35.1 Å². The summed E-state index contributed by atoms with van der Waals surface area (Å²) in [5.41, 5.74) is 5.08. The van der Waals surface area contributed by atoms with Crippen LogP contribution in [-0.4, -0.2) is 52.4 Å². The summed E-state index contributed by atoms with van der Waals surface area (Å²) in [5, 5.41) is 18.7. The van der Waals surface area contributed by atoms with Crippen molar-refractivity contribution in [1.29, 1.82) is 5.26 Å². The molecule has 2 aromatic heterocycles. The molecule has 1 aliphatic heterocycles. The van der Waals surface area contributed by atoms with Gasteiger partial charge in [0.25, 0.3) is 0 Å². The van der Waals surface area contributed by atoms with Crippen LogP contribution in [-0.2, 0) is 6.42 Å². The van der Waals surface area contributed by atoms with Crippen LogP contribution in [0, 0.1) is 31.1 Å². The lowest BCUT2D eigenvalue weighted by Crippen LogP contribution is -2.30. The Morgan fingerprint density at radius 1 is 1.26 bits per heavy atom. The molecule has 3 heterocycles. The van der Waals surface area contributed by atoms with Gasteiger partial charge in [0.1, 0.15) is 11.7 Å². The molecule has 3 aromatic rings. The van der Waals surface area contributed by atoms with Gasteiger partial charge < -0.3 is 14.4 Å². The van der Waals surface area contributed by atoms with E-state index in [-0.39, 0.29) is 0 Å². The number of imidazole rings is 1. The number of piperidine rings is 1. The van der Waals surface area contributed by atoms with Crippen molar-refractivity contribution < 1.29 is 9.90 Å². The summed E-state index contributed by atoms with van der Waals surface area (Å²) in [4.78, 5) is 18.1. The zero-order valence-electron chi connectivity index (χ0n) is 19.8.